The fourth-order valence-electron chi connectivity index (χ4n) is 2.87. The summed E-state index contributed by atoms with van der Waals surface area (Å²) < 4.78 is 12.0. The third-order valence-corrected chi connectivity index (χ3v) is 4.52. The van der Waals surface area contributed by atoms with Crippen LogP contribution in [0.1, 0.15) is 17.3 Å². The topological polar surface area (TPSA) is 89.7 Å². The van der Waals surface area contributed by atoms with Crippen molar-refractivity contribution in [2.24, 2.45) is 7.05 Å². The number of carbonyl (C=O) groups excluding carboxylic acids is 1. The van der Waals surface area contributed by atoms with E-state index in [9.17, 15) is 4.79 Å². The summed E-state index contributed by atoms with van der Waals surface area (Å²) >= 11 is 5.90. The summed E-state index contributed by atoms with van der Waals surface area (Å²) in [6.07, 6.45) is 1.31. The monoisotopic (exact) mass is 416 g/mol. The van der Waals surface area contributed by atoms with Crippen LogP contribution in [-0.2, 0) is 18.4 Å². The van der Waals surface area contributed by atoms with Crippen molar-refractivity contribution in [1.82, 2.24) is 15.0 Å². The minimum absolute atomic E-state index is 0.0339. The number of aromatic nitrogens is 3. The minimum Gasteiger partial charge on any atom is -0.497 e. The zero-order chi connectivity index (χ0) is 20.8. The SMILES string of the molecule is COc1cccc(C2COC(=O)N2c2ccc(Cl)cc2)c1.Cn1cc(CO)nn1. The Labute approximate surface area is 173 Å². The maximum atomic E-state index is 12.0. The Morgan fingerprint density at radius 3 is 2.62 bits per heavy atom. The summed E-state index contributed by atoms with van der Waals surface area (Å²) in [6.45, 7) is 0.280. The van der Waals surface area contributed by atoms with Gasteiger partial charge in [0.2, 0.25) is 0 Å². The maximum absolute atomic E-state index is 12.0. The second-order valence-electron chi connectivity index (χ2n) is 6.26. The lowest BCUT2D eigenvalue weighted by molar-refractivity contribution is 0.179. The van der Waals surface area contributed by atoms with Gasteiger partial charge in [-0.2, -0.15) is 0 Å². The number of ether oxygens (including phenoxy) is 2. The molecule has 3 aromatic rings. The summed E-state index contributed by atoms with van der Waals surface area (Å²) in [7, 11) is 3.37. The van der Waals surface area contributed by atoms with Crippen LogP contribution >= 0.6 is 11.6 Å². The number of halogens is 1. The van der Waals surface area contributed by atoms with Gasteiger partial charge in [-0.15, -0.1) is 5.10 Å². The first-order valence-electron chi connectivity index (χ1n) is 8.83. The molecule has 4 rings (SSSR count). The Morgan fingerprint density at radius 2 is 2.03 bits per heavy atom. The zero-order valence-electron chi connectivity index (χ0n) is 16.0. The van der Waals surface area contributed by atoms with Crippen molar-refractivity contribution in [2.75, 3.05) is 18.6 Å². The minimum atomic E-state index is -0.356. The van der Waals surface area contributed by atoms with Crippen LogP contribution in [-0.4, -0.2) is 39.9 Å². The molecule has 29 heavy (non-hydrogen) atoms. The molecule has 1 aliphatic rings. The number of nitrogens with zero attached hydrogens (tertiary/aromatic N) is 4. The van der Waals surface area contributed by atoms with Gasteiger partial charge in [0.1, 0.15) is 18.1 Å². The van der Waals surface area contributed by atoms with Crippen molar-refractivity contribution in [3.05, 3.63) is 71.0 Å². The average Bonchev–Trinajstić information content (AvgIpc) is 3.34. The number of amides is 1. The molecule has 8 nitrogen and oxygen atoms in total. The lowest BCUT2D eigenvalue weighted by atomic mass is 10.1. The first-order chi connectivity index (χ1) is 14.0. The first-order valence-corrected chi connectivity index (χ1v) is 9.21. The van der Waals surface area contributed by atoms with E-state index < -0.39 is 0 Å². The van der Waals surface area contributed by atoms with Gasteiger partial charge in [0.15, 0.2) is 0 Å². The van der Waals surface area contributed by atoms with Crippen molar-refractivity contribution < 1.29 is 19.4 Å². The highest BCUT2D eigenvalue weighted by Crippen LogP contribution is 2.34. The highest BCUT2D eigenvalue weighted by atomic mass is 35.5. The third-order valence-electron chi connectivity index (χ3n) is 4.27. The number of aliphatic hydroxyl groups excluding tert-OH is 1. The van der Waals surface area contributed by atoms with E-state index in [-0.39, 0.29) is 18.7 Å². The molecule has 1 saturated heterocycles. The van der Waals surface area contributed by atoms with Crippen LogP contribution in [0.15, 0.2) is 54.7 Å². The molecule has 1 unspecified atom stereocenters. The van der Waals surface area contributed by atoms with Gasteiger partial charge >= 0.3 is 6.09 Å². The molecule has 1 atom stereocenters. The van der Waals surface area contributed by atoms with E-state index in [0.29, 0.717) is 17.3 Å². The normalized spacial score (nSPS) is 15.5. The van der Waals surface area contributed by atoms with Gasteiger partial charge in [0.05, 0.1) is 26.0 Å². The van der Waals surface area contributed by atoms with Gasteiger partial charge < -0.3 is 14.6 Å². The number of hydrogen-bond acceptors (Lipinski definition) is 6. The second-order valence-corrected chi connectivity index (χ2v) is 6.69. The Kier molecular flexibility index (Phi) is 6.69. The van der Waals surface area contributed by atoms with Crippen LogP contribution in [0.5, 0.6) is 5.75 Å². The molecule has 2 heterocycles. The van der Waals surface area contributed by atoms with Gasteiger partial charge in [-0.3, -0.25) is 9.58 Å². The average molecular weight is 417 g/mol. The van der Waals surface area contributed by atoms with Gasteiger partial charge in [-0.1, -0.05) is 28.9 Å². The molecule has 9 heteroatoms. The van der Waals surface area contributed by atoms with Crippen molar-refractivity contribution in [3.8, 4) is 5.75 Å². The number of carbonyl (C=O) groups is 1. The molecule has 152 valence electrons. The molecule has 1 fully saturated rings. The van der Waals surface area contributed by atoms with Crippen molar-refractivity contribution in [1.29, 1.82) is 0 Å². The standard InChI is InChI=1S/C16H14ClNO3.C4H7N3O/c1-20-14-4-2-3-11(9-14)15-10-21-16(19)18(15)13-7-5-12(17)6-8-13;1-7-2-4(3-8)5-6-7/h2-9,15H,10H2,1H3;2,8H,3H2,1H3. The number of cyclic esters (lactones) is 1. The molecule has 2 aromatic carbocycles. The van der Waals surface area contributed by atoms with E-state index in [1.807, 2.05) is 36.4 Å². The summed E-state index contributed by atoms with van der Waals surface area (Å²) in [5.74, 6) is 0.753. The van der Waals surface area contributed by atoms with Crippen molar-refractivity contribution in [2.45, 2.75) is 12.6 Å². The van der Waals surface area contributed by atoms with Crippen molar-refractivity contribution in [3.63, 3.8) is 0 Å². The predicted octanol–water partition coefficient (Wildman–Crippen LogP) is 3.35. The van der Waals surface area contributed by atoms with Gasteiger partial charge in [0.25, 0.3) is 0 Å². The third kappa shape index (κ3) is 5.04. The van der Waals surface area contributed by atoms with Crippen LogP contribution < -0.4 is 9.64 Å². The lowest BCUT2D eigenvalue weighted by Gasteiger charge is -2.22. The van der Waals surface area contributed by atoms with E-state index in [0.717, 1.165) is 17.0 Å². The van der Waals surface area contributed by atoms with E-state index >= 15 is 0 Å². The fraction of sp³-hybridized carbons (Fsp3) is 0.250. The van der Waals surface area contributed by atoms with Gasteiger partial charge in [-0.05, 0) is 42.0 Å². The second kappa shape index (κ2) is 9.40. The lowest BCUT2D eigenvalue weighted by Crippen LogP contribution is -2.27. The molecular weight excluding hydrogens is 396 g/mol. The molecule has 1 aromatic heterocycles. The van der Waals surface area contributed by atoms with Crippen LogP contribution in [0.4, 0.5) is 10.5 Å². The number of methoxy groups -OCH3 is 1. The van der Waals surface area contributed by atoms with Gasteiger partial charge in [-0.25, -0.2) is 4.79 Å². The fourth-order valence-corrected chi connectivity index (χ4v) is 3.00. The molecule has 0 aliphatic carbocycles. The molecule has 0 bridgehead atoms. The number of hydrogen-bond donors (Lipinski definition) is 1. The molecule has 0 spiro atoms. The summed E-state index contributed by atoms with van der Waals surface area (Å²) in [5, 5.41) is 16.3. The smallest absolute Gasteiger partial charge is 0.415 e. The maximum Gasteiger partial charge on any atom is 0.415 e. The highest BCUT2D eigenvalue weighted by molar-refractivity contribution is 6.30. The Bertz CT molecular complexity index is 961. The summed E-state index contributed by atoms with van der Waals surface area (Å²) in [6, 6.07) is 14.6. The first kappa shape index (κ1) is 20.6. The zero-order valence-corrected chi connectivity index (χ0v) is 16.8. The highest BCUT2D eigenvalue weighted by Gasteiger charge is 2.35. The molecule has 0 saturated carbocycles. The van der Waals surface area contributed by atoms with Crippen LogP contribution in [0.3, 0.4) is 0 Å². The van der Waals surface area contributed by atoms with Gasteiger partial charge in [0, 0.05) is 17.8 Å². The number of rotatable bonds is 4. The Hall–Kier alpha value is -3.10. The molecule has 0 radical (unpaired) electrons. The Morgan fingerprint density at radius 1 is 1.28 bits per heavy atom. The van der Waals surface area contributed by atoms with E-state index in [2.05, 4.69) is 10.3 Å². The molecule has 1 amide bonds. The van der Waals surface area contributed by atoms with Crippen molar-refractivity contribution >= 4 is 23.4 Å². The Balaban J connectivity index is 0.000000252. The molecular formula is C20H21ClN4O4. The largest absolute Gasteiger partial charge is 0.497 e. The predicted molar refractivity (Wildman–Crippen MR) is 108 cm³/mol. The van der Waals surface area contributed by atoms with E-state index in [1.54, 1.807) is 42.1 Å². The van der Waals surface area contributed by atoms with E-state index in [4.69, 9.17) is 26.2 Å². The summed E-state index contributed by atoms with van der Waals surface area (Å²) in [5.41, 5.74) is 2.33. The van der Waals surface area contributed by atoms with Crippen LogP contribution in [0.2, 0.25) is 5.02 Å². The molecule has 1 N–H and O–H groups in total. The van der Waals surface area contributed by atoms with E-state index in [1.165, 1.54) is 0 Å². The quantitative estimate of drug-likeness (QED) is 0.701. The summed E-state index contributed by atoms with van der Waals surface area (Å²) in [4.78, 5) is 13.7. The van der Waals surface area contributed by atoms with Crippen LogP contribution in [0, 0.1) is 0 Å². The number of aliphatic hydroxyl groups is 1. The number of aryl methyl sites for hydroxylation is 1. The molecule has 1 aliphatic heterocycles. The number of benzene rings is 2. The van der Waals surface area contributed by atoms with Crippen LogP contribution in [0.25, 0.3) is 0 Å². The number of anilines is 1.